The minimum Gasteiger partial charge on any atom is -0.493 e. The number of carbonyl (C=O) groups is 1. The molecule has 0 saturated carbocycles. The molecule has 0 amide bonds. The third-order valence-corrected chi connectivity index (χ3v) is 3.89. The average Bonchev–Trinajstić information content (AvgIpc) is 2.52. The zero-order valence-electron chi connectivity index (χ0n) is 11.8. The molecule has 0 aromatic heterocycles. The van der Waals surface area contributed by atoms with Crippen molar-refractivity contribution in [2.24, 2.45) is 0 Å². The number of rotatable bonds is 6. The standard InChI is InChI=1S/C16H15FO3S/c1-19-15-8-7-11(9-16(15)20-2)21-10-14(18)12-5-3-4-6-13(12)17/h3-9H,10H2,1-2H3. The highest BCUT2D eigenvalue weighted by Crippen LogP contribution is 2.32. The molecular weight excluding hydrogens is 291 g/mol. The Morgan fingerprint density at radius 1 is 1.10 bits per heavy atom. The van der Waals surface area contributed by atoms with E-state index >= 15 is 0 Å². The molecule has 110 valence electrons. The fourth-order valence-electron chi connectivity index (χ4n) is 1.82. The Labute approximate surface area is 127 Å². The monoisotopic (exact) mass is 306 g/mol. The fraction of sp³-hybridized carbons (Fsp3) is 0.188. The van der Waals surface area contributed by atoms with Crippen molar-refractivity contribution in [2.45, 2.75) is 4.90 Å². The van der Waals surface area contributed by atoms with Gasteiger partial charge in [0.05, 0.1) is 25.5 Å². The molecular formula is C16H15FO3S. The first-order chi connectivity index (χ1) is 10.2. The van der Waals surface area contributed by atoms with E-state index in [1.54, 1.807) is 38.5 Å². The topological polar surface area (TPSA) is 35.5 Å². The van der Waals surface area contributed by atoms with Crippen LogP contribution in [0.4, 0.5) is 4.39 Å². The number of halogens is 1. The van der Waals surface area contributed by atoms with Crippen LogP contribution < -0.4 is 9.47 Å². The summed E-state index contributed by atoms with van der Waals surface area (Å²) in [6.07, 6.45) is 0. The predicted octanol–water partition coefficient (Wildman–Crippen LogP) is 3.82. The maximum absolute atomic E-state index is 13.5. The van der Waals surface area contributed by atoms with Gasteiger partial charge in [-0.25, -0.2) is 4.39 Å². The lowest BCUT2D eigenvalue weighted by Crippen LogP contribution is -2.05. The van der Waals surface area contributed by atoms with Crippen molar-refractivity contribution in [1.82, 2.24) is 0 Å². The summed E-state index contributed by atoms with van der Waals surface area (Å²) < 4.78 is 23.9. The number of hydrogen-bond donors (Lipinski definition) is 0. The zero-order valence-corrected chi connectivity index (χ0v) is 12.6. The molecule has 0 spiro atoms. The molecule has 0 N–H and O–H groups in total. The third-order valence-electron chi connectivity index (χ3n) is 2.90. The molecule has 0 atom stereocenters. The molecule has 0 bridgehead atoms. The number of ether oxygens (including phenoxy) is 2. The van der Waals surface area contributed by atoms with Gasteiger partial charge in [0.2, 0.25) is 0 Å². The second-order valence-corrected chi connectivity index (χ2v) is 5.26. The molecule has 0 aliphatic heterocycles. The molecule has 2 aromatic rings. The van der Waals surface area contributed by atoms with Gasteiger partial charge in [0.15, 0.2) is 17.3 Å². The second-order valence-electron chi connectivity index (χ2n) is 4.21. The summed E-state index contributed by atoms with van der Waals surface area (Å²) in [5.74, 6) is 0.655. The SMILES string of the molecule is COc1ccc(SCC(=O)c2ccccc2F)cc1OC. The van der Waals surface area contributed by atoms with Crippen molar-refractivity contribution < 1.29 is 18.7 Å². The van der Waals surface area contributed by atoms with Crippen LogP contribution in [0.25, 0.3) is 0 Å². The molecule has 5 heteroatoms. The van der Waals surface area contributed by atoms with Gasteiger partial charge < -0.3 is 9.47 Å². The van der Waals surface area contributed by atoms with Gasteiger partial charge in [0, 0.05) is 4.90 Å². The van der Waals surface area contributed by atoms with E-state index in [1.165, 1.54) is 23.9 Å². The number of carbonyl (C=O) groups excluding carboxylic acids is 1. The van der Waals surface area contributed by atoms with E-state index in [1.807, 2.05) is 6.07 Å². The third kappa shape index (κ3) is 3.76. The van der Waals surface area contributed by atoms with Gasteiger partial charge in [-0.1, -0.05) is 12.1 Å². The molecule has 0 radical (unpaired) electrons. The summed E-state index contributed by atoms with van der Waals surface area (Å²) in [6, 6.07) is 11.4. The van der Waals surface area contributed by atoms with Gasteiger partial charge in [-0.05, 0) is 30.3 Å². The van der Waals surface area contributed by atoms with E-state index in [0.717, 1.165) is 4.90 Å². The smallest absolute Gasteiger partial charge is 0.176 e. The lowest BCUT2D eigenvalue weighted by Gasteiger charge is -2.09. The quantitative estimate of drug-likeness (QED) is 0.600. The van der Waals surface area contributed by atoms with Crippen LogP contribution in [0.15, 0.2) is 47.4 Å². The Balaban J connectivity index is 2.06. The number of ketones is 1. The van der Waals surface area contributed by atoms with Gasteiger partial charge in [0.25, 0.3) is 0 Å². The Hall–Kier alpha value is -2.01. The van der Waals surface area contributed by atoms with Crippen LogP contribution in [0, 0.1) is 5.82 Å². The van der Waals surface area contributed by atoms with Crippen LogP contribution >= 0.6 is 11.8 Å². The number of Topliss-reactive ketones (excluding diaryl/α,β-unsaturated/α-hetero) is 1. The van der Waals surface area contributed by atoms with Crippen molar-refractivity contribution >= 4 is 17.5 Å². The Morgan fingerprint density at radius 2 is 1.81 bits per heavy atom. The molecule has 0 heterocycles. The summed E-state index contributed by atoms with van der Waals surface area (Å²) in [4.78, 5) is 12.9. The van der Waals surface area contributed by atoms with Crippen LogP contribution in [0.3, 0.4) is 0 Å². The summed E-state index contributed by atoms with van der Waals surface area (Å²) in [7, 11) is 3.11. The molecule has 21 heavy (non-hydrogen) atoms. The van der Waals surface area contributed by atoms with Gasteiger partial charge >= 0.3 is 0 Å². The van der Waals surface area contributed by atoms with Crippen molar-refractivity contribution in [3.8, 4) is 11.5 Å². The number of methoxy groups -OCH3 is 2. The van der Waals surface area contributed by atoms with Gasteiger partial charge in [-0.2, -0.15) is 0 Å². The van der Waals surface area contributed by atoms with Crippen LogP contribution in [0.2, 0.25) is 0 Å². The lowest BCUT2D eigenvalue weighted by atomic mass is 10.1. The van der Waals surface area contributed by atoms with Crippen molar-refractivity contribution in [2.75, 3.05) is 20.0 Å². The summed E-state index contributed by atoms with van der Waals surface area (Å²) >= 11 is 1.33. The Kier molecular flexibility index (Phi) is 5.22. The first-order valence-electron chi connectivity index (χ1n) is 6.28. The minimum atomic E-state index is -0.490. The van der Waals surface area contributed by atoms with Crippen molar-refractivity contribution in [3.05, 3.63) is 53.8 Å². The molecule has 2 rings (SSSR count). The van der Waals surface area contributed by atoms with E-state index in [4.69, 9.17) is 9.47 Å². The molecule has 2 aromatic carbocycles. The van der Waals surface area contributed by atoms with Gasteiger partial charge in [0.1, 0.15) is 5.82 Å². The van der Waals surface area contributed by atoms with Crippen LogP contribution in [0.5, 0.6) is 11.5 Å². The average molecular weight is 306 g/mol. The van der Waals surface area contributed by atoms with Gasteiger partial charge in [-0.15, -0.1) is 11.8 Å². The molecule has 0 aliphatic rings. The fourth-order valence-corrected chi connectivity index (χ4v) is 2.63. The van der Waals surface area contributed by atoms with Crippen LogP contribution in [-0.4, -0.2) is 25.8 Å². The van der Waals surface area contributed by atoms with Crippen molar-refractivity contribution in [3.63, 3.8) is 0 Å². The highest BCUT2D eigenvalue weighted by molar-refractivity contribution is 8.00. The summed E-state index contributed by atoms with van der Waals surface area (Å²) in [5.41, 5.74) is 0.116. The van der Waals surface area contributed by atoms with E-state index in [-0.39, 0.29) is 17.1 Å². The zero-order chi connectivity index (χ0) is 15.2. The molecule has 0 fully saturated rings. The van der Waals surface area contributed by atoms with Crippen molar-refractivity contribution in [1.29, 1.82) is 0 Å². The Morgan fingerprint density at radius 3 is 2.48 bits per heavy atom. The maximum Gasteiger partial charge on any atom is 0.176 e. The van der Waals surface area contributed by atoms with E-state index < -0.39 is 5.82 Å². The largest absolute Gasteiger partial charge is 0.493 e. The van der Waals surface area contributed by atoms with Crippen LogP contribution in [0.1, 0.15) is 10.4 Å². The molecule has 0 aliphatic carbocycles. The second kappa shape index (κ2) is 7.13. The van der Waals surface area contributed by atoms with E-state index in [0.29, 0.717) is 11.5 Å². The maximum atomic E-state index is 13.5. The lowest BCUT2D eigenvalue weighted by molar-refractivity contribution is 0.101. The highest BCUT2D eigenvalue weighted by Gasteiger charge is 2.12. The predicted molar refractivity (Wildman–Crippen MR) is 81.0 cm³/mol. The minimum absolute atomic E-state index is 0.116. The highest BCUT2D eigenvalue weighted by atomic mass is 32.2. The number of hydrogen-bond acceptors (Lipinski definition) is 4. The number of benzene rings is 2. The molecule has 0 saturated heterocycles. The first kappa shape index (κ1) is 15.4. The summed E-state index contributed by atoms with van der Waals surface area (Å²) in [6.45, 7) is 0. The summed E-state index contributed by atoms with van der Waals surface area (Å²) in [5, 5.41) is 0. The number of thioether (sulfide) groups is 1. The Bertz CT molecular complexity index is 643. The molecule has 0 unspecified atom stereocenters. The van der Waals surface area contributed by atoms with E-state index in [2.05, 4.69) is 0 Å². The molecule has 3 nitrogen and oxygen atoms in total. The van der Waals surface area contributed by atoms with E-state index in [9.17, 15) is 9.18 Å². The first-order valence-corrected chi connectivity index (χ1v) is 7.27. The van der Waals surface area contributed by atoms with Crippen LogP contribution in [-0.2, 0) is 0 Å². The van der Waals surface area contributed by atoms with Gasteiger partial charge in [-0.3, -0.25) is 4.79 Å². The normalized spacial score (nSPS) is 10.2.